The van der Waals surface area contributed by atoms with Crippen LogP contribution in [0.3, 0.4) is 0 Å². The minimum atomic E-state index is 1.01. The van der Waals surface area contributed by atoms with Crippen LogP contribution >= 0.6 is 0 Å². The molecule has 2 aromatic heterocycles. The lowest BCUT2D eigenvalue weighted by Gasteiger charge is -2.06. The molecule has 0 saturated carbocycles. The van der Waals surface area contributed by atoms with Crippen molar-refractivity contribution in [1.82, 2.24) is 14.3 Å². The van der Waals surface area contributed by atoms with Crippen LogP contribution in [0.4, 0.5) is 0 Å². The number of hydrogen-bond donors (Lipinski definition) is 0. The summed E-state index contributed by atoms with van der Waals surface area (Å²) in [6.07, 6.45) is 5.18. The van der Waals surface area contributed by atoms with Crippen LogP contribution in [0.2, 0.25) is 0 Å². The highest BCUT2D eigenvalue weighted by Gasteiger charge is 2.01. The number of pyridine rings is 1. The molecule has 0 fully saturated rings. The molecule has 15 heavy (non-hydrogen) atoms. The van der Waals surface area contributed by atoms with Gasteiger partial charge in [-0.3, -0.25) is 0 Å². The lowest BCUT2D eigenvalue weighted by Crippen LogP contribution is -2.15. The third kappa shape index (κ3) is 2.36. The Morgan fingerprint density at radius 2 is 2.20 bits per heavy atom. The van der Waals surface area contributed by atoms with Crippen molar-refractivity contribution in [2.45, 2.75) is 13.3 Å². The van der Waals surface area contributed by atoms with Crippen molar-refractivity contribution in [3.05, 3.63) is 35.8 Å². The van der Waals surface area contributed by atoms with Crippen LogP contribution in [0, 0.1) is 6.92 Å². The molecule has 0 bridgehead atoms. The number of nitrogens with zero attached hydrogens (tertiary/aromatic N) is 3. The van der Waals surface area contributed by atoms with Gasteiger partial charge in [-0.2, -0.15) is 0 Å². The summed E-state index contributed by atoms with van der Waals surface area (Å²) >= 11 is 0. The Labute approximate surface area is 90.4 Å². The van der Waals surface area contributed by atoms with E-state index in [4.69, 9.17) is 0 Å². The molecule has 0 radical (unpaired) electrons. The highest BCUT2D eigenvalue weighted by atomic mass is 15.1. The van der Waals surface area contributed by atoms with Crippen LogP contribution in [0.15, 0.2) is 24.5 Å². The summed E-state index contributed by atoms with van der Waals surface area (Å²) in [4.78, 5) is 6.76. The Bertz CT molecular complexity index is 457. The normalized spacial score (nSPS) is 11.5. The number of imidazole rings is 1. The second kappa shape index (κ2) is 4.03. The fraction of sp³-hybridized carbons (Fsp3) is 0.417. The molecule has 0 N–H and O–H groups in total. The zero-order valence-corrected chi connectivity index (χ0v) is 9.57. The van der Waals surface area contributed by atoms with E-state index in [2.05, 4.69) is 59.8 Å². The molecule has 0 spiro atoms. The molecule has 3 nitrogen and oxygen atoms in total. The number of hydrogen-bond acceptors (Lipinski definition) is 2. The van der Waals surface area contributed by atoms with Crippen molar-refractivity contribution in [2.75, 3.05) is 20.6 Å². The predicted octanol–water partition coefficient (Wildman–Crippen LogP) is 1.75. The number of fused-ring (bicyclic) bond motifs is 1. The van der Waals surface area contributed by atoms with Crippen molar-refractivity contribution in [1.29, 1.82) is 0 Å². The first kappa shape index (κ1) is 10.2. The van der Waals surface area contributed by atoms with Crippen LogP contribution in [0.25, 0.3) is 5.65 Å². The van der Waals surface area contributed by atoms with Crippen LogP contribution in [0.5, 0.6) is 0 Å². The maximum atomic E-state index is 4.58. The summed E-state index contributed by atoms with van der Waals surface area (Å²) in [5.74, 6) is 0. The maximum Gasteiger partial charge on any atom is 0.137 e. The molecule has 0 aliphatic carbocycles. The Hall–Kier alpha value is -1.35. The molecule has 0 amide bonds. The average molecular weight is 203 g/mol. The summed E-state index contributed by atoms with van der Waals surface area (Å²) in [6, 6.07) is 4.21. The molecule has 0 unspecified atom stereocenters. The van der Waals surface area contributed by atoms with Crippen molar-refractivity contribution in [3.8, 4) is 0 Å². The number of rotatable bonds is 3. The molecule has 2 aromatic rings. The minimum absolute atomic E-state index is 1.01. The average Bonchev–Trinajstić information content (AvgIpc) is 2.56. The highest BCUT2D eigenvalue weighted by Crippen LogP contribution is 2.08. The van der Waals surface area contributed by atoms with Crippen LogP contribution in [-0.4, -0.2) is 34.9 Å². The highest BCUT2D eigenvalue weighted by molar-refractivity contribution is 5.42. The standard InChI is InChI=1S/C12H17N3/c1-10-4-7-15-9-11(5-6-14(2)3)13-12(15)8-10/h4,7-9H,5-6H2,1-3H3. The van der Waals surface area contributed by atoms with Gasteiger partial charge in [0.2, 0.25) is 0 Å². The molecule has 3 heteroatoms. The van der Waals surface area contributed by atoms with Crippen LogP contribution < -0.4 is 0 Å². The van der Waals surface area contributed by atoms with E-state index in [1.54, 1.807) is 0 Å². The predicted molar refractivity (Wildman–Crippen MR) is 62.2 cm³/mol. The number of aryl methyl sites for hydroxylation is 1. The van der Waals surface area contributed by atoms with E-state index < -0.39 is 0 Å². The molecule has 2 rings (SSSR count). The van der Waals surface area contributed by atoms with Gasteiger partial charge in [-0.25, -0.2) is 4.98 Å². The lowest BCUT2D eigenvalue weighted by atomic mass is 10.3. The van der Waals surface area contributed by atoms with Gasteiger partial charge >= 0.3 is 0 Å². The Kier molecular flexibility index (Phi) is 2.73. The third-order valence-corrected chi connectivity index (χ3v) is 2.48. The van der Waals surface area contributed by atoms with E-state index in [0.717, 1.165) is 24.3 Å². The second-order valence-electron chi connectivity index (χ2n) is 4.26. The summed E-state index contributed by atoms with van der Waals surface area (Å²) in [6.45, 7) is 3.14. The number of likely N-dealkylation sites (N-methyl/N-ethyl adjacent to an activating group) is 1. The van der Waals surface area contributed by atoms with Crippen LogP contribution in [-0.2, 0) is 6.42 Å². The quantitative estimate of drug-likeness (QED) is 0.757. The van der Waals surface area contributed by atoms with Crippen molar-refractivity contribution in [2.24, 2.45) is 0 Å². The van der Waals surface area contributed by atoms with Crippen molar-refractivity contribution in [3.63, 3.8) is 0 Å². The zero-order valence-electron chi connectivity index (χ0n) is 9.57. The Morgan fingerprint density at radius 1 is 1.40 bits per heavy atom. The van der Waals surface area contributed by atoms with Gasteiger partial charge in [0, 0.05) is 25.4 Å². The van der Waals surface area contributed by atoms with Gasteiger partial charge in [-0.1, -0.05) is 0 Å². The fourth-order valence-corrected chi connectivity index (χ4v) is 1.59. The van der Waals surface area contributed by atoms with Gasteiger partial charge in [0.15, 0.2) is 0 Å². The first-order valence-corrected chi connectivity index (χ1v) is 5.24. The smallest absolute Gasteiger partial charge is 0.137 e. The molecule has 0 atom stereocenters. The third-order valence-electron chi connectivity index (χ3n) is 2.48. The molecule has 80 valence electrons. The molecule has 0 aliphatic rings. The summed E-state index contributed by atoms with van der Waals surface area (Å²) < 4.78 is 2.08. The monoisotopic (exact) mass is 203 g/mol. The second-order valence-corrected chi connectivity index (χ2v) is 4.26. The van der Waals surface area contributed by atoms with Crippen molar-refractivity contribution >= 4 is 5.65 Å². The number of aromatic nitrogens is 2. The fourth-order valence-electron chi connectivity index (χ4n) is 1.59. The topological polar surface area (TPSA) is 20.5 Å². The van der Waals surface area contributed by atoms with E-state index in [1.165, 1.54) is 5.56 Å². The van der Waals surface area contributed by atoms with E-state index in [9.17, 15) is 0 Å². The molecular formula is C12H17N3. The van der Waals surface area contributed by atoms with Gasteiger partial charge in [0.1, 0.15) is 5.65 Å². The Morgan fingerprint density at radius 3 is 2.93 bits per heavy atom. The first-order valence-electron chi connectivity index (χ1n) is 5.24. The van der Waals surface area contributed by atoms with Gasteiger partial charge < -0.3 is 9.30 Å². The van der Waals surface area contributed by atoms with Gasteiger partial charge in [-0.05, 0) is 38.7 Å². The van der Waals surface area contributed by atoms with E-state index >= 15 is 0 Å². The lowest BCUT2D eigenvalue weighted by molar-refractivity contribution is 0.412. The molecule has 0 aliphatic heterocycles. The van der Waals surface area contributed by atoms with Crippen molar-refractivity contribution < 1.29 is 0 Å². The Balaban J connectivity index is 2.23. The van der Waals surface area contributed by atoms with Gasteiger partial charge in [-0.15, -0.1) is 0 Å². The summed E-state index contributed by atoms with van der Waals surface area (Å²) in [5, 5.41) is 0. The van der Waals surface area contributed by atoms with Gasteiger partial charge in [0.05, 0.1) is 5.69 Å². The SMILES string of the molecule is Cc1ccn2cc(CCN(C)C)nc2c1. The van der Waals surface area contributed by atoms with E-state index in [0.29, 0.717) is 0 Å². The summed E-state index contributed by atoms with van der Waals surface area (Å²) in [7, 11) is 4.17. The zero-order chi connectivity index (χ0) is 10.8. The minimum Gasteiger partial charge on any atom is -0.309 e. The molecule has 0 saturated heterocycles. The molecular weight excluding hydrogens is 186 g/mol. The molecule has 0 aromatic carbocycles. The maximum absolute atomic E-state index is 4.58. The van der Waals surface area contributed by atoms with Gasteiger partial charge in [0.25, 0.3) is 0 Å². The van der Waals surface area contributed by atoms with Crippen LogP contribution in [0.1, 0.15) is 11.3 Å². The molecule has 2 heterocycles. The first-order chi connectivity index (χ1) is 7.15. The summed E-state index contributed by atoms with van der Waals surface area (Å²) in [5.41, 5.74) is 3.46. The van der Waals surface area contributed by atoms with E-state index in [-0.39, 0.29) is 0 Å². The largest absolute Gasteiger partial charge is 0.309 e. The van der Waals surface area contributed by atoms with E-state index in [1.807, 2.05) is 0 Å².